The Morgan fingerprint density at radius 1 is 0.984 bits per heavy atom. The van der Waals surface area contributed by atoms with E-state index in [9.17, 15) is 29.9 Å². The van der Waals surface area contributed by atoms with Gasteiger partial charge in [-0.25, -0.2) is 9.59 Å². The van der Waals surface area contributed by atoms with E-state index >= 15 is 0 Å². The molecular weight excluding hydrogens is 817 g/mol. The zero-order valence-electron chi connectivity index (χ0n) is 36.0. The fraction of sp³-hybridized carbons (Fsp3) is 0.457. The SMILES string of the molecule is C=CCOC12Oc3ccc(OC(=O)Nc4ccc(OC)cc4OC)cc3C3C(CCCCO)C(CCCCO)C=C(C(=NOCC)CC1N(C)C(=O)Oc1ccc([N+](=O)[O-])cc1)C32. The number of carbonyl (C=O) groups excluding carboxylic acids is 2. The maximum Gasteiger partial charge on any atom is 0.417 e. The van der Waals surface area contributed by atoms with E-state index in [4.69, 9.17) is 33.3 Å². The van der Waals surface area contributed by atoms with Gasteiger partial charge in [-0.3, -0.25) is 15.4 Å². The molecule has 0 spiro atoms. The number of unbranched alkanes of at least 4 members (excludes halogenated alkanes) is 2. The number of non-ortho nitro benzene ring substituents is 1. The first-order valence-corrected chi connectivity index (χ1v) is 21.1. The van der Waals surface area contributed by atoms with Crippen LogP contribution >= 0.6 is 0 Å². The molecule has 63 heavy (non-hydrogen) atoms. The highest BCUT2D eigenvalue weighted by molar-refractivity contribution is 6.03. The van der Waals surface area contributed by atoms with E-state index in [1.165, 1.54) is 43.4 Å². The number of nitro groups is 1. The number of amides is 2. The minimum absolute atomic E-state index is 0.0180. The van der Waals surface area contributed by atoms with Crippen molar-refractivity contribution in [1.29, 1.82) is 0 Å². The number of hydrogen-bond acceptors (Lipinski definition) is 14. The van der Waals surface area contributed by atoms with Gasteiger partial charge in [-0.2, -0.15) is 0 Å². The highest BCUT2D eigenvalue weighted by Crippen LogP contribution is 2.62. The van der Waals surface area contributed by atoms with Gasteiger partial charge in [0, 0.05) is 56.4 Å². The molecule has 0 radical (unpaired) electrons. The molecule has 1 saturated carbocycles. The van der Waals surface area contributed by atoms with Crippen LogP contribution in [-0.2, 0) is 9.57 Å². The number of fused-ring (bicyclic) bond motifs is 2. The molecule has 2 amide bonds. The lowest BCUT2D eigenvalue weighted by Gasteiger charge is -2.59. The number of nitro benzene ring substituents is 1. The topological polar surface area (TPSA) is 210 Å². The molecule has 17 heteroatoms. The van der Waals surface area contributed by atoms with Gasteiger partial charge in [-0.15, -0.1) is 6.58 Å². The van der Waals surface area contributed by atoms with Crippen LogP contribution in [0.5, 0.6) is 28.7 Å². The Balaban J connectivity index is 1.48. The summed E-state index contributed by atoms with van der Waals surface area (Å²) in [5, 5.41) is 38.4. The van der Waals surface area contributed by atoms with Crippen LogP contribution in [0.3, 0.4) is 0 Å². The lowest BCUT2D eigenvalue weighted by atomic mass is 9.55. The molecule has 3 aliphatic rings. The molecule has 1 fully saturated rings. The summed E-state index contributed by atoms with van der Waals surface area (Å²) in [4.78, 5) is 45.6. The van der Waals surface area contributed by atoms with E-state index in [1.807, 2.05) is 6.92 Å². The third-order valence-corrected chi connectivity index (χ3v) is 11.8. The number of benzene rings is 3. The van der Waals surface area contributed by atoms with Crippen molar-refractivity contribution in [3.63, 3.8) is 0 Å². The molecule has 6 atom stereocenters. The summed E-state index contributed by atoms with van der Waals surface area (Å²) >= 11 is 0. The summed E-state index contributed by atoms with van der Waals surface area (Å²) in [6.07, 6.45) is 6.47. The van der Waals surface area contributed by atoms with Crippen molar-refractivity contribution in [2.24, 2.45) is 22.9 Å². The smallest absolute Gasteiger partial charge is 0.417 e. The molecule has 3 aromatic rings. The second-order valence-corrected chi connectivity index (χ2v) is 15.5. The number of oxime groups is 1. The largest absolute Gasteiger partial charge is 0.497 e. The lowest BCUT2D eigenvalue weighted by molar-refractivity contribution is -0.384. The van der Waals surface area contributed by atoms with Crippen LogP contribution in [0.2, 0.25) is 0 Å². The predicted octanol–water partition coefficient (Wildman–Crippen LogP) is 8.01. The summed E-state index contributed by atoms with van der Waals surface area (Å²) in [6.45, 7) is 6.14. The number of likely N-dealkylation sites (N-methyl/N-ethyl adjacent to an activating group) is 1. The molecule has 0 aromatic heterocycles. The number of carbonyl (C=O) groups is 2. The van der Waals surface area contributed by atoms with Crippen LogP contribution in [-0.4, -0.2) is 97.5 Å². The van der Waals surface area contributed by atoms with Crippen LogP contribution in [0, 0.1) is 27.9 Å². The summed E-state index contributed by atoms with van der Waals surface area (Å²) in [6, 6.07) is 14.4. The lowest BCUT2D eigenvalue weighted by Crippen LogP contribution is -2.69. The number of aliphatic hydroxyl groups is 2. The van der Waals surface area contributed by atoms with Crippen molar-refractivity contribution in [2.45, 2.75) is 69.6 Å². The standard InChI is InChI=1S/C46H56N4O13/c1-6-24-59-46-41(49(3)45(54)62-31-16-14-30(15-17-31)50(55)56)28-38(48-60-7-2)35-25-29(12-8-10-22-51)34(13-9-11-23-52)42(43(35)46)36-26-33(19-21-39(36)63-46)61-44(53)47-37-20-18-32(57-4)27-40(37)58-5/h6,14-21,25-27,29,34,41-43,51-52H,1,7-13,22-24,28H2,2-5H3,(H,47,53). The number of hydrogen-bond donors (Lipinski definition) is 3. The number of rotatable bonds is 20. The normalized spacial score (nSPS) is 22.6. The van der Waals surface area contributed by atoms with Crippen LogP contribution in [0.15, 0.2) is 90.1 Å². The Labute approximate surface area is 366 Å². The summed E-state index contributed by atoms with van der Waals surface area (Å²) in [5.74, 6) is -1.00. The summed E-state index contributed by atoms with van der Waals surface area (Å²) in [5.41, 5.74) is 2.36. The highest BCUT2D eigenvalue weighted by atomic mass is 16.7. The number of anilines is 1. The van der Waals surface area contributed by atoms with Gasteiger partial charge in [0.05, 0.1) is 43.1 Å². The molecule has 1 heterocycles. The average Bonchev–Trinajstić information content (AvgIpc) is 3.28. The third-order valence-electron chi connectivity index (χ3n) is 11.8. The van der Waals surface area contributed by atoms with E-state index < -0.39 is 40.8 Å². The zero-order chi connectivity index (χ0) is 45.1. The van der Waals surface area contributed by atoms with Crippen LogP contribution in [0.1, 0.15) is 63.4 Å². The molecule has 6 rings (SSSR count). The Morgan fingerprint density at radius 2 is 1.70 bits per heavy atom. The Kier molecular flexibility index (Phi) is 15.6. The van der Waals surface area contributed by atoms with Crippen LogP contribution in [0.4, 0.5) is 21.0 Å². The van der Waals surface area contributed by atoms with E-state index in [0.717, 1.165) is 24.0 Å². The number of ether oxygens (including phenoxy) is 6. The maximum absolute atomic E-state index is 14.2. The first-order chi connectivity index (χ1) is 30.5. The maximum atomic E-state index is 14.2. The monoisotopic (exact) mass is 872 g/mol. The first kappa shape index (κ1) is 46.3. The number of aliphatic hydroxyl groups excluding tert-OH is 2. The van der Waals surface area contributed by atoms with Crippen molar-refractivity contribution in [2.75, 3.05) is 53.0 Å². The summed E-state index contributed by atoms with van der Waals surface area (Å²) in [7, 11) is 4.58. The molecule has 17 nitrogen and oxygen atoms in total. The van der Waals surface area contributed by atoms with Gasteiger partial charge in [-0.1, -0.05) is 30.1 Å². The zero-order valence-corrected chi connectivity index (χ0v) is 36.0. The van der Waals surface area contributed by atoms with Gasteiger partial charge in [0.25, 0.3) is 5.69 Å². The van der Waals surface area contributed by atoms with E-state index in [1.54, 1.807) is 49.5 Å². The quantitative estimate of drug-likeness (QED) is 0.0426. The van der Waals surface area contributed by atoms with Crippen molar-refractivity contribution in [1.82, 2.24) is 4.90 Å². The number of allylic oxidation sites excluding steroid dienone is 1. The fourth-order valence-corrected chi connectivity index (χ4v) is 9.01. The fourth-order valence-electron chi connectivity index (χ4n) is 9.01. The molecule has 3 aromatic carbocycles. The van der Waals surface area contributed by atoms with Gasteiger partial charge < -0.3 is 48.4 Å². The van der Waals surface area contributed by atoms with Gasteiger partial charge in [-0.05, 0) is 92.5 Å². The Bertz CT molecular complexity index is 2160. The van der Waals surface area contributed by atoms with E-state index in [-0.39, 0.29) is 61.9 Å². The van der Waals surface area contributed by atoms with Crippen molar-refractivity contribution < 1.29 is 58.0 Å². The third kappa shape index (κ3) is 10.2. The number of methoxy groups -OCH3 is 2. The summed E-state index contributed by atoms with van der Waals surface area (Å²) < 4.78 is 36.5. The number of nitrogens with one attached hydrogen (secondary N) is 1. The molecule has 3 N–H and O–H groups in total. The molecular formula is C46H56N4O13. The minimum Gasteiger partial charge on any atom is -0.497 e. The van der Waals surface area contributed by atoms with Crippen molar-refractivity contribution in [3.8, 4) is 28.7 Å². The molecule has 0 bridgehead atoms. The van der Waals surface area contributed by atoms with Crippen LogP contribution in [0.25, 0.3) is 0 Å². The van der Waals surface area contributed by atoms with Gasteiger partial charge >= 0.3 is 12.2 Å². The van der Waals surface area contributed by atoms with Gasteiger partial charge in [0.1, 0.15) is 41.4 Å². The second-order valence-electron chi connectivity index (χ2n) is 15.5. The molecule has 338 valence electrons. The highest BCUT2D eigenvalue weighted by Gasteiger charge is 2.65. The predicted molar refractivity (Wildman–Crippen MR) is 233 cm³/mol. The molecule has 1 aliphatic heterocycles. The van der Waals surface area contributed by atoms with E-state index in [2.05, 4.69) is 23.1 Å². The molecule has 6 unspecified atom stereocenters. The Morgan fingerprint density at radius 3 is 2.37 bits per heavy atom. The molecule has 2 aliphatic carbocycles. The first-order valence-electron chi connectivity index (χ1n) is 21.1. The number of nitrogens with zero attached hydrogens (tertiary/aromatic N) is 3. The Hall–Kier alpha value is -6.17. The van der Waals surface area contributed by atoms with Crippen molar-refractivity contribution in [3.05, 3.63) is 101 Å². The van der Waals surface area contributed by atoms with Crippen LogP contribution < -0.4 is 29.0 Å². The average molecular weight is 873 g/mol. The molecule has 0 saturated heterocycles. The second kappa shape index (κ2) is 21.3. The van der Waals surface area contributed by atoms with Crippen molar-refractivity contribution >= 4 is 29.3 Å². The van der Waals surface area contributed by atoms with Gasteiger partial charge in [0.15, 0.2) is 0 Å². The van der Waals surface area contributed by atoms with E-state index in [0.29, 0.717) is 54.3 Å². The van der Waals surface area contributed by atoms with Gasteiger partial charge in [0.2, 0.25) is 5.79 Å². The minimum atomic E-state index is -1.57.